The van der Waals surface area contributed by atoms with Gasteiger partial charge in [0.2, 0.25) is 11.8 Å². The molecule has 0 N–H and O–H groups in total. The fraction of sp³-hybridized carbons (Fsp3) is 0.391. The molecule has 162 valence electrons. The zero-order valence-corrected chi connectivity index (χ0v) is 18.0. The number of anilines is 1. The molecule has 1 aliphatic rings. The van der Waals surface area contributed by atoms with Gasteiger partial charge >= 0.3 is 0 Å². The van der Waals surface area contributed by atoms with E-state index in [0.29, 0.717) is 44.4 Å². The minimum Gasteiger partial charge on any atom is -0.496 e. The number of piperazine rings is 1. The lowest BCUT2D eigenvalue weighted by atomic mass is 10.1. The van der Waals surface area contributed by atoms with Crippen LogP contribution in [0.4, 0.5) is 5.82 Å². The van der Waals surface area contributed by atoms with Crippen molar-refractivity contribution in [3.05, 3.63) is 54.0 Å². The van der Waals surface area contributed by atoms with Crippen LogP contribution in [0.1, 0.15) is 24.8 Å². The van der Waals surface area contributed by atoms with Crippen molar-refractivity contribution in [1.29, 1.82) is 0 Å². The number of carbonyl (C=O) groups is 1. The highest BCUT2D eigenvalue weighted by atomic mass is 16.5. The Kier molecular flexibility index (Phi) is 6.45. The van der Waals surface area contributed by atoms with E-state index in [0.717, 1.165) is 35.5 Å². The first-order valence-electron chi connectivity index (χ1n) is 10.6. The lowest BCUT2D eigenvalue weighted by Gasteiger charge is -2.36. The molecular formula is C23H27N5O3. The molecule has 1 aromatic carbocycles. The number of aromatic nitrogens is 3. The fourth-order valence-corrected chi connectivity index (χ4v) is 3.78. The summed E-state index contributed by atoms with van der Waals surface area (Å²) in [5.74, 6) is 2.78. The van der Waals surface area contributed by atoms with Crippen LogP contribution in [-0.2, 0) is 17.6 Å². The number of amides is 1. The number of nitrogens with zero attached hydrogens (tertiary/aromatic N) is 5. The minimum absolute atomic E-state index is 0.103. The SMILES string of the molecule is CCCc1nnc(-c2cccnc2N2CCN(C(=O)Cc3ccccc3OC)CC2)o1. The summed E-state index contributed by atoms with van der Waals surface area (Å²) in [5, 5.41) is 8.34. The normalized spacial score (nSPS) is 14.0. The molecule has 8 heteroatoms. The highest BCUT2D eigenvalue weighted by Gasteiger charge is 2.25. The van der Waals surface area contributed by atoms with Gasteiger partial charge in [-0.15, -0.1) is 10.2 Å². The Morgan fingerprint density at radius 2 is 1.90 bits per heavy atom. The molecule has 1 aliphatic heterocycles. The van der Waals surface area contributed by atoms with Gasteiger partial charge < -0.3 is 19.0 Å². The lowest BCUT2D eigenvalue weighted by Crippen LogP contribution is -2.49. The Labute approximate surface area is 181 Å². The molecule has 1 fully saturated rings. The third-order valence-corrected chi connectivity index (χ3v) is 5.41. The van der Waals surface area contributed by atoms with Gasteiger partial charge in [0.1, 0.15) is 11.6 Å². The van der Waals surface area contributed by atoms with Crippen LogP contribution >= 0.6 is 0 Å². The molecule has 3 aromatic rings. The average Bonchev–Trinajstić information content (AvgIpc) is 3.28. The maximum absolute atomic E-state index is 12.8. The van der Waals surface area contributed by atoms with Crippen molar-refractivity contribution >= 4 is 11.7 Å². The van der Waals surface area contributed by atoms with E-state index in [1.54, 1.807) is 13.3 Å². The van der Waals surface area contributed by atoms with Crippen molar-refractivity contribution in [2.75, 3.05) is 38.2 Å². The summed E-state index contributed by atoms with van der Waals surface area (Å²) < 4.78 is 11.2. The molecule has 0 spiro atoms. The van der Waals surface area contributed by atoms with E-state index >= 15 is 0 Å². The van der Waals surface area contributed by atoms with Gasteiger partial charge in [-0.05, 0) is 24.6 Å². The summed E-state index contributed by atoms with van der Waals surface area (Å²) in [4.78, 5) is 21.5. The summed E-state index contributed by atoms with van der Waals surface area (Å²) >= 11 is 0. The van der Waals surface area contributed by atoms with E-state index in [-0.39, 0.29) is 5.91 Å². The number of para-hydroxylation sites is 1. The highest BCUT2D eigenvalue weighted by Crippen LogP contribution is 2.29. The number of aryl methyl sites for hydroxylation is 1. The van der Waals surface area contributed by atoms with E-state index in [9.17, 15) is 4.79 Å². The third-order valence-electron chi connectivity index (χ3n) is 5.41. The summed E-state index contributed by atoms with van der Waals surface area (Å²) in [6.45, 7) is 4.73. The Hall–Kier alpha value is -3.42. The molecule has 3 heterocycles. The Balaban J connectivity index is 1.42. The molecule has 2 aromatic heterocycles. The summed E-state index contributed by atoms with van der Waals surface area (Å²) in [5.41, 5.74) is 1.73. The first kappa shape index (κ1) is 20.8. The van der Waals surface area contributed by atoms with Crippen molar-refractivity contribution in [2.24, 2.45) is 0 Å². The van der Waals surface area contributed by atoms with E-state index < -0.39 is 0 Å². The Bertz CT molecular complexity index is 1030. The van der Waals surface area contributed by atoms with Crippen molar-refractivity contribution in [3.63, 3.8) is 0 Å². The number of ether oxygens (including phenoxy) is 1. The standard InChI is InChI=1S/C23H27N5O3/c1-3-7-20-25-26-23(31-20)18-9-6-11-24-22(18)28-14-12-27(13-15-28)21(29)16-17-8-4-5-10-19(17)30-2/h4-6,8-11H,3,7,12-16H2,1-2H3. The van der Waals surface area contributed by atoms with Crippen LogP contribution in [0, 0.1) is 0 Å². The zero-order chi connectivity index (χ0) is 21.6. The van der Waals surface area contributed by atoms with Crippen LogP contribution in [-0.4, -0.2) is 59.3 Å². The number of benzene rings is 1. The van der Waals surface area contributed by atoms with Gasteiger partial charge in [-0.2, -0.15) is 0 Å². The number of hydrogen-bond donors (Lipinski definition) is 0. The summed E-state index contributed by atoms with van der Waals surface area (Å²) in [7, 11) is 1.63. The van der Waals surface area contributed by atoms with Gasteiger partial charge in [-0.3, -0.25) is 4.79 Å². The molecule has 0 radical (unpaired) electrons. The van der Waals surface area contributed by atoms with Gasteiger partial charge in [0.05, 0.1) is 19.1 Å². The van der Waals surface area contributed by atoms with Crippen LogP contribution in [0.25, 0.3) is 11.5 Å². The maximum Gasteiger partial charge on any atom is 0.251 e. The van der Waals surface area contributed by atoms with Gasteiger partial charge in [0.25, 0.3) is 5.89 Å². The van der Waals surface area contributed by atoms with Crippen LogP contribution in [0.5, 0.6) is 5.75 Å². The van der Waals surface area contributed by atoms with Crippen molar-refractivity contribution in [1.82, 2.24) is 20.1 Å². The minimum atomic E-state index is 0.103. The average molecular weight is 422 g/mol. The first-order valence-corrected chi connectivity index (χ1v) is 10.6. The number of pyridine rings is 1. The van der Waals surface area contributed by atoms with Gasteiger partial charge in [-0.1, -0.05) is 25.1 Å². The molecule has 4 rings (SSSR count). The predicted molar refractivity (Wildman–Crippen MR) is 117 cm³/mol. The first-order chi connectivity index (χ1) is 15.2. The quantitative estimate of drug-likeness (QED) is 0.580. The van der Waals surface area contributed by atoms with E-state index in [1.807, 2.05) is 41.3 Å². The number of rotatable bonds is 7. The number of carbonyl (C=O) groups excluding carboxylic acids is 1. The molecule has 1 amide bonds. The summed E-state index contributed by atoms with van der Waals surface area (Å²) in [6, 6.07) is 11.5. The molecule has 0 saturated carbocycles. The second-order valence-electron chi connectivity index (χ2n) is 7.48. The van der Waals surface area contributed by atoms with E-state index in [2.05, 4.69) is 27.0 Å². The topological polar surface area (TPSA) is 84.6 Å². The number of hydrogen-bond acceptors (Lipinski definition) is 7. The number of methoxy groups -OCH3 is 1. The Morgan fingerprint density at radius 3 is 2.68 bits per heavy atom. The lowest BCUT2D eigenvalue weighted by molar-refractivity contribution is -0.130. The van der Waals surface area contributed by atoms with Crippen molar-refractivity contribution < 1.29 is 13.9 Å². The second kappa shape index (κ2) is 9.59. The van der Waals surface area contributed by atoms with Crippen molar-refractivity contribution in [2.45, 2.75) is 26.2 Å². The predicted octanol–water partition coefficient (Wildman–Crippen LogP) is 2.98. The Morgan fingerprint density at radius 1 is 1.10 bits per heavy atom. The van der Waals surface area contributed by atoms with E-state index in [1.165, 1.54) is 0 Å². The van der Waals surface area contributed by atoms with Crippen LogP contribution in [0.2, 0.25) is 0 Å². The van der Waals surface area contributed by atoms with E-state index in [4.69, 9.17) is 9.15 Å². The van der Waals surface area contributed by atoms with Crippen LogP contribution < -0.4 is 9.64 Å². The van der Waals surface area contributed by atoms with Gasteiger partial charge in [0.15, 0.2) is 0 Å². The summed E-state index contributed by atoms with van der Waals surface area (Å²) in [6.07, 6.45) is 3.81. The fourth-order valence-electron chi connectivity index (χ4n) is 3.78. The maximum atomic E-state index is 12.8. The molecule has 0 atom stereocenters. The third kappa shape index (κ3) is 4.68. The van der Waals surface area contributed by atoms with Crippen molar-refractivity contribution in [3.8, 4) is 17.2 Å². The molecule has 0 aliphatic carbocycles. The highest BCUT2D eigenvalue weighted by molar-refractivity contribution is 5.80. The largest absolute Gasteiger partial charge is 0.496 e. The zero-order valence-electron chi connectivity index (χ0n) is 18.0. The molecule has 1 saturated heterocycles. The monoisotopic (exact) mass is 421 g/mol. The van der Waals surface area contributed by atoms with Crippen LogP contribution in [0.15, 0.2) is 47.0 Å². The molecule has 0 bridgehead atoms. The molecular weight excluding hydrogens is 394 g/mol. The molecule has 8 nitrogen and oxygen atoms in total. The smallest absolute Gasteiger partial charge is 0.251 e. The molecule has 0 unspecified atom stereocenters. The molecule has 31 heavy (non-hydrogen) atoms. The van der Waals surface area contributed by atoms with Crippen LogP contribution in [0.3, 0.4) is 0 Å². The second-order valence-corrected chi connectivity index (χ2v) is 7.48. The van der Waals surface area contributed by atoms with Gasteiger partial charge in [0, 0.05) is 44.4 Å². The van der Waals surface area contributed by atoms with Gasteiger partial charge in [-0.25, -0.2) is 4.98 Å².